The van der Waals surface area contributed by atoms with Crippen LogP contribution in [0.4, 0.5) is 0 Å². The van der Waals surface area contributed by atoms with Crippen LogP contribution in [0, 0.1) is 5.41 Å². The third kappa shape index (κ3) is 4.67. The van der Waals surface area contributed by atoms with Gasteiger partial charge in [-0.2, -0.15) is 17.2 Å². The second-order valence-electron chi connectivity index (χ2n) is 5.91. The average Bonchev–Trinajstić information content (AvgIpc) is 1.98. The summed E-state index contributed by atoms with van der Waals surface area (Å²) in [7, 11) is 0. The van der Waals surface area contributed by atoms with Crippen molar-refractivity contribution in [1.29, 1.82) is 0 Å². The first-order valence-electron chi connectivity index (χ1n) is 5.30. The summed E-state index contributed by atoms with van der Waals surface area (Å²) >= 11 is 2.02. The predicted molar refractivity (Wildman–Crippen MR) is 63.5 cm³/mol. The highest BCUT2D eigenvalue weighted by Gasteiger charge is 2.29. The van der Waals surface area contributed by atoms with Crippen molar-refractivity contribution in [2.45, 2.75) is 52.7 Å². The van der Waals surface area contributed by atoms with E-state index in [0.717, 1.165) is 0 Å². The lowest BCUT2D eigenvalue weighted by Crippen LogP contribution is -2.43. The Kier molecular flexibility index (Phi) is 3.89. The van der Waals surface area contributed by atoms with Gasteiger partial charge in [0.25, 0.3) is 0 Å². The molecular weight excluding hydrogens is 194 g/mol. The van der Waals surface area contributed by atoms with E-state index >= 15 is 0 Å². The van der Waals surface area contributed by atoms with Crippen molar-refractivity contribution in [3.05, 3.63) is 0 Å². The third-order valence-electron chi connectivity index (χ3n) is 2.14. The Hall–Kier alpha value is 0.270. The van der Waals surface area contributed by atoms with Crippen LogP contribution in [-0.2, 0) is 4.84 Å². The first kappa shape index (κ1) is 12.3. The molecule has 1 fully saturated rings. The van der Waals surface area contributed by atoms with Gasteiger partial charge in [-0.3, -0.25) is 4.84 Å². The third-order valence-corrected chi connectivity index (χ3v) is 3.77. The summed E-state index contributed by atoms with van der Waals surface area (Å²) in [5, 5.41) is 0. The maximum Gasteiger partial charge on any atom is 0.0813 e. The zero-order valence-corrected chi connectivity index (χ0v) is 10.8. The van der Waals surface area contributed by atoms with Crippen LogP contribution in [-0.4, -0.2) is 23.1 Å². The predicted octanol–water partition coefficient (Wildman–Crippen LogP) is 2.84. The van der Waals surface area contributed by atoms with Crippen molar-refractivity contribution >= 4 is 11.8 Å². The van der Waals surface area contributed by atoms with E-state index in [1.807, 2.05) is 11.8 Å². The molecule has 1 saturated heterocycles. The number of thioether (sulfide) groups is 1. The molecule has 0 bridgehead atoms. The summed E-state index contributed by atoms with van der Waals surface area (Å²) in [5.41, 5.74) is 3.55. The first-order chi connectivity index (χ1) is 6.29. The Morgan fingerprint density at radius 3 is 2.50 bits per heavy atom. The Labute approximate surface area is 92.1 Å². The lowest BCUT2D eigenvalue weighted by atomic mass is 9.88. The Balaban J connectivity index is 2.32. The maximum absolute atomic E-state index is 5.60. The zero-order valence-electron chi connectivity index (χ0n) is 10.0. The van der Waals surface area contributed by atoms with Crippen LogP contribution in [0.3, 0.4) is 0 Å². The molecule has 1 atom stereocenters. The standard InChI is InChI=1S/C11H23NOS/c1-10(2,3)13-12-9-6-11(4,5)8-14-7-9/h9,12H,6-8H2,1-5H3. The van der Waals surface area contributed by atoms with Crippen LogP contribution >= 0.6 is 11.8 Å². The molecule has 0 aromatic rings. The van der Waals surface area contributed by atoms with E-state index in [0.29, 0.717) is 11.5 Å². The zero-order chi connectivity index (χ0) is 10.8. The summed E-state index contributed by atoms with van der Waals surface area (Å²) in [6.45, 7) is 10.9. The van der Waals surface area contributed by atoms with Crippen LogP contribution in [0.2, 0.25) is 0 Å². The molecule has 0 aromatic carbocycles. The fraction of sp³-hybridized carbons (Fsp3) is 1.00. The van der Waals surface area contributed by atoms with Gasteiger partial charge in [0.1, 0.15) is 0 Å². The van der Waals surface area contributed by atoms with Gasteiger partial charge in [-0.15, -0.1) is 0 Å². The van der Waals surface area contributed by atoms with E-state index in [1.165, 1.54) is 17.9 Å². The molecule has 0 spiro atoms. The van der Waals surface area contributed by atoms with Crippen molar-refractivity contribution in [2.24, 2.45) is 5.41 Å². The molecule has 84 valence electrons. The highest BCUT2D eigenvalue weighted by molar-refractivity contribution is 7.99. The van der Waals surface area contributed by atoms with Crippen LogP contribution in [0.25, 0.3) is 0 Å². The van der Waals surface area contributed by atoms with Crippen LogP contribution in [0.15, 0.2) is 0 Å². The smallest absolute Gasteiger partial charge is 0.0813 e. The molecule has 1 unspecified atom stereocenters. The lowest BCUT2D eigenvalue weighted by molar-refractivity contribution is -0.0897. The number of nitrogens with one attached hydrogen (secondary N) is 1. The monoisotopic (exact) mass is 217 g/mol. The second kappa shape index (κ2) is 4.42. The molecule has 1 aliphatic heterocycles. The molecule has 0 aromatic heterocycles. The maximum atomic E-state index is 5.60. The molecule has 2 nitrogen and oxygen atoms in total. The molecular formula is C11H23NOS. The van der Waals surface area contributed by atoms with Gasteiger partial charge < -0.3 is 0 Å². The van der Waals surface area contributed by atoms with Gasteiger partial charge >= 0.3 is 0 Å². The van der Waals surface area contributed by atoms with Gasteiger partial charge in [-0.1, -0.05) is 13.8 Å². The van der Waals surface area contributed by atoms with Crippen molar-refractivity contribution < 1.29 is 4.84 Å². The van der Waals surface area contributed by atoms with Gasteiger partial charge in [-0.25, -0.2) is 0 Å². The van der Waals surface area contributed by atoms with Gasteiger partial charge in [0.2, 0.25) is 0 Å². The SMILES string of the molecule is CC1(C)CSCC(NOC(C)(C)C)C1. The van der Waals surface area contributed by atoms with Gasteiger partial charge in [-0.05, 0) is 38.4 Å². The van der Waals surface area contributed by atoms with E-state index < -0.39 is 0 Å². The van der Waals surface area contributed by atoms with Crippen LogP contribution in [0.5, 0.6) is 0 Å². The highest BCUT2D eigenvalue weighted by atomic mass is 32.2. The number of hydrogen-bond acceptors (Lipinski definition) is 3. The molecule has 0 saturated carbocycles. The minimum Gasteiger partial charge on any atom is -0.296 e. The highest BCUT2D eigenvalue weighted by Crippen LogP contribution is 2.33. The van der Waals surface area contributed by atoms with E-state index in [9.17, 15) is 0 Å². The summed E-state index contributed by atoms with van der Waals surface area (Å²) in [6.07, 6.45) is 1.20. The van der Waals surface area contributed by atoms with E-state index in [4.69, 9.17) is 4.84 Å². The molecule has 1 heterocycles. The van der Waals surface area contributed by atoms with Crippen molar-refractivity contribution in [3.8, 4) is 0 Å². The molecule has 0 radical (unpaired) electrons. The fourth-order valence-corrected chi connectivity index (χ4v) is 2.86. The molecule has 0 aliphatic carbocycles. The molecule has 3 heteroatoms. The average molecular weight is 217 g/mol. The second-order valence-corrected chi connectivity index (χ2v) is 6.94. The van der Waals surface area contributed by atoms with Crippen molar-refractivity contribution in [3.63, 3.8) is 0 Å². The first-order valence-corrected chi connectivity index (χ1v) is 6.45. The molecule has 1 aliphatic rings. The van der Waals surface area contributed by atoms with Gasteiger partial charge in [0.05, 0.1) is 5.60 Å². The van der Waals surface area contributed by atoms with Crippen molar-refractivity contribution in [2.75, 3.05) is 11.5 Å². The molecule has 14 heavy (non-hydrogen) atoms. The van der Waals surface area contributed by atoms with Crippen LogP contribution < -0.4 is 5.48 Å². The summed E-state index contributed by atoms with van der Waals surface area (Å²) in [6, 6.07) is 0.503. The minimum atomic E-state index is -0.0910. The Morgan fingerprint density at radius 2 is 2.00 bits per heavy atom. The largest absolute Gasteiger partial charge is 0.296 e. The van der Waals surface area contributed by atoms with E-state index in [-0.39, 0.29) is 5.60 Å². The number of rotatable bonds is 2. The molecule has 0 amide bonds. The summed E-state index contributed by atoms with van der Waals surface area (Å²) in [5.74, 6) is 2.43. The molecule has 1 N–H and O–H groups in total. The van der Waals surface area contributed by atoms with E-state index in [2.05, 4.69) is 40.1 Å². The fourth-order valence-electron chi connectivity index (χ4n) is 1.60. The van der Waals surface area contributed by atoms with Gasteiger partial charge in [0.15, 0.2) is 0 Å². The number of hydrogen-bond donors (Lipinski definition) is 1. The molecule has 1 rings (SSSR count). The van der Waals surface area contributed by atoms with E-state index in [1.54, 1.807) is 0 Å². The van der Waals surface area contributed by atoms with Crippen LogP contribution in [0.1, 0.15) is 41.0 Å². The number of hydroxylamine groups is 1. The topological polar surface area (TPSA) is 21.3 Å². The summed E-state index contributed by atoms with van der Waals surface area (Å²) < 4.78 is 0. The minimum absolute atomic E-state index is 0.0910. The van der Waals surface area contributed by atoms with Gasteiger partial charge in [0, 0.05) is 11.8 Å². The summed E-state index contributed by atoms with van der Waals surface area (Å²) in [4.78, 5) is 5.60. The quantitative estimate of drug-likeness (QED) is 0.719. The lowest BCUT2D eigenvalue weighted by Gasteiger charge is -2.36. The Morgan fingerprint density at radius 1 is 1.36 bits per heavy atom. The normalized spacial score (nSPS) is 27.6. The Bertz CT molecular complexity index is 186. The van der Waals surface area contributed by atoms with Crippen molar-refractivity contribution in [1.82, 2.24) is 5.48 Å².